The van der Waals surface area contributed by atoms with Gasteiger partial charge in [0.25, 0.3) is 0 Å². The van der Waals surface area contributed by atoms with E-state index in [1.807, 2.05) is 48.7 Å². The van der Waals surface area contributed by atoms with Gasteiger partial charge in [-0.2, -0.15) is 16.9 Å². The number of nitrogens with one attached hydrogen (secondary N) is 1. The summed E-state index contributed by atoms with van der Waals surface area (Å²) < 4.78 is 1.87. The van der Waals surface area contributed by atoms with Gasteiger partial charge in [0.2, 0.25) is 5.95 Å². The van der Waals surface area contributed by atoms with E-state index in [1.54, 1.807) is 12.5 Å². The highest BCUT2D eigenvalue weighted by atomic mass is 32.2. The van der Waals surface area contributed by atoms with Crippen molar-refractivity contribution in [3.8, 4) is 0 Å². The van der Waals surface area contributed by atoms with Crippen molar-refractivity contribution >= 4 is 45.3 Å². The van der Waals surface area contributed by atoms with Gasteiger partial charge in [-0.15, -0.1) is 0 Å². The van der Waals surface area contributed by atoms with Gasteiger partial charge in [-0.3, -0.25) is 4.68 Å². The van der Waals surface area contributed by atoms with Crippen LogP contribution in [0.3, 0.4) is 0 Å². The quantitative estimate of drug-likeness (QED) is 0.343. The molecular formula is C23H29N7OS. The SMILES string of the molecule is CSCCC(CCCCO)c1nn(C)c2cnc(Nc3cc4cncnc4cc3C)nc12. The van der Waals surface area contributed by atoms with Gasteiger partial charge in [0, 0.05) is 36.8 Å². The zero-order valence-electron chi connectivity index (χ0n) is 18.7. The topological polar surface area (TPSA) is 102 Å². The highest BCUT2D eigenvalue weighted by Gasteiger charge is 2.21. The van der Waals surface area contributed by atoms with Gasteiger partial charge in [-0.05, 0) is 55.9 Å². The number of aliphatic hydroxyl groups excluding tert-OH is 1. The summed E-state index contributed by atoms with van der Waals surface area (Å²) in [5.41, 5.74) is 5.73. The summed E-state index contributed by atoms with van der Waals surface area (Å²) in [5, 5.41) is 18.4. The van der Waals surface area contributed by atoms with Crippen LogP contribution in [0.25, 0.3) is 21.9 Å². The lowest BCUT2D eigenvalue weighted by Gasteiger charge is -2.14. The van der Waals surface area contributed by atoms with Crippen molar-refractivity contribution in [2.45, 2.75) is 38.5 Å². The number of rotatable bonds is 10. The average molecular weight is 452 g/mol. The minimum absolute atomic E-state index is 0.227. The molecule has 0 bridgehead atoms. The number of fused-ring (bicyclic) bond motifs is 2. The molecule has 2 N–H and O–H groups in total. The zero-order valence-corrected chi connectivity index (χ0v) is 19.6. The summed E-state index contributed by atoms with van der Waals surface area (Å²) in [4.78, 5) is 17.9. The molecule has 3 aromatic heterocycles. The molecule has 4 aromatic rings. The first kappa shape index (κ1) is 22.4. The Morgan fingerprint density at radius 3 is 2.84 bits per heavy atom. The van der Waals surface area contributed by atoms with Crippen LogP contribution in [0, 0.1) is 6.92 Å². The molecule has 8 nitrogen and oxygen atoms in total. The average Bonchev–Trinajstić information content (AvgIpc) is 3.12. The number of unbranched alkanes of at least 4 members (excludes halogenated alkanes) is 1. The van der Waals surface area contributed by atoms with Crippen molar-refractivity contribution in [1.29, 1.82) is 0 Å². The first-order valence-electron chi connectivity index (χ1n) is 10.9. The van der Waals surface area contributed by atoms with Crippen LogP contribution >= 0.6 is 11.8 Å². The van der Waals surface area contributed by atoms with E-state index in [-0.39, 0.29) is 6.61 Å². The van der Waals surface area contributed by atoms with E-state index in [2.05, 4.69) is 26.5 Å². The number of aliphatic hydroxyl groups is 1. The van der Waals surface area contributed by atoms with Gasteiger partial charge in [-0.1, -0.05) is 6.42 Å². The molecule has 0 radical (unpaired) electrons. The lowest BCUT2D eigenvalue weighted by molar-refractivity contribution is 0.281. The summed E-state index contributed by atoms with van der Waals surface area (Å²) in [6, 6.07) is 4.06. The van der Waals surface area contributed by atoms with Crippen molar-refractivity contribution in [3.63, 3.8) is 0 Å². The molecule has 0 amide bonds. The van der Waals surface area contributed by atoms with Gasteiger partial charge < -0.3 is 10.4 Å². The predicted octanol–water partition coefficient (Wildman–Crippen LogP) is 4.36. The van der Waals surface area contributed by atoms with E-state index in [0.717, 1.165) is 70.3 Å². The molecule has 0 spiro atoms. The van der Waals surface area contributed by atoms with Gasteiger partial charge in [0.05, 0.1) is 17.4 Å². The minimum Gasteiger partial charge on any atom is -0.396 e. The van der Waals surface area contributed by atoms with Crippen LogP contribution in [0.2, 0.25) is 0 Å². The third-order valence-corrected chi connectivity index (χ3v) is 6.38. The van der Waals surface area contributed by atoms with Gasteiger partial charge >= 0.3 is 0 Å². The van der Waals surface area contributed by atoms with E-state index in [4.69, 9.17) is 10.1 Å². The normalized spacial score (nSPS) is 12.5. The highest BCUT2D eigenvalue weighted by molar-refractivity contribution is 7.98. The molecule has 1 atom stereocenters. The van der Waals surface area contributed by atoms with Gasteiger partial charge in [0.1, 0.15) is 17.4 Å². The number of nitrogens with zero attached hydrogens (tertiary/aromatic N) is 6. The molecule has 0 fully saturated rings. The van der Waals surface area contributed by atoms with Crippen LogP contribution in [-0.2, 0) is 7.05 Å². The highest BCUT2D eigenvalue weighted by Crippen LogP contribution is 2.32. The fraction of sp³-hybridized carbons (Fsp3) is 0.435. The van der Waals surface area contributed by atoms with E-state index >= 15 is 0 Å². The molecule has 32 heavy (non-hydrogen) atoms. The predicted molar refractivity (Wildman–Crippen MR) is 131 cm³/mol. The Morgan fingerprint density at radius 1 is 1.16 bits per heavy atom. The van der Waals surface area contributed by atoms with Crippen LogP contribution in [-0.4, -0.2) is 53.4 Å². The summed E-state index contributed by atoms with van der Waals surface area (Å²) in [7, 11) is 1.94. The van der Waals surface area contributed by atoms with Crippen molar-refractivity contribution in [3.05, 3.63) is 42.1 Å². The molecule has 1 unspecified atom stereocenters. The number of aryl methyl sites for hydroxylation is 2. The Balaban J connectivity index is 1.68. The van der Waals surface area contributed by atoms with Crippen LogP contribution in [0.1, 0.15) is 42.9 Å². The maximum Gasteiger partial charge on any atom is 0.227 e. The lowest BCUT2D eigenvalue weighted by atomic mass is 9.95. The largest absolute Gasteiger partial charge is 0.396 e. The molecule has 9 heteroatoms. The van der Waals surface area contributed by atoms with Crippen molar-refractivity contribution in [2.24, 2.45) is 7.05 Å². The summed E-state index contributed by atoms with van der Waals surface area (Å²) >= 11 is 1.84. The lowest BCUT2D eigenvalue weighted by Crippen LogP contribution is -2.05. The Labute approximate surface area is 191 Å². The van der Waals surface area contributed by atoms with Crippen LogP contribution in [0.4, 0.5) is 11.6 Å². The molecule has 0 aliphatic rings. The molecule has 0 saturated heterocycles. The van der Waals surface area contributed by atoms with E-state index in [0.29, 0.717) is 11.9 Å². The Morgan fingerprint density at radius 2 is 2.03 bits per heavy atom. The fourth-order valence-electron chi connectivity index (χ4n) is 3.97. The van der Waals surface area contributed by atoms with E-state index in [9.17, 15) is 5.11 Å². The zero-order chi connectivity index (χ0) is 22.5. The van der Waals surface area contributed by atoms with Gasteiger partial charge in [0.15, 0.2) is 0 Å². The number of benzene rings is 1. The second-order valence-electron chi connectivity index (χ2n) is 8.01. The number of thioether (sulfide) groups is 1. The molecule has 4 rings (SSSR count). The monoisotopic (exact) mass is 451 g/mol. The molecule has 1 aromatic carbocycles. The second kappa shape index (κ2) is 10.2. The number of hydrogen-bond acceptors (Lipinski definition) is 8. The summed E-state index contributed by atoms with van der Waals surface area (Å²) in [6.45, 7) is 2.27. The molecule has 0 saturated carbocycles. The fourth-order valence-corrected chi connectivity index (χ4v) is 4.49. The maximum atomic E-state index is 9.21. The third kappa shape index (κ3) is 4.83. The van der Waals surface area contributed by atoms with Crippen LogP contribution in [0.5, 0.6) is 0 Å². The van der Waals surface area contributed by atoms with Crippen molar-refractivity contribution in [1.82, 2.24) is 29.7 Å². The van der Waals surface area contributed by atoms with Crippen molar-refractivity contribution < 1.29 is 5.11 Å². The molecular weight excluding hydrogens is 422 g/mol. The number of anilines is 2. The third-order valence-electron chi connectivity index (χ3n) is 5.73. The Hall–Kier alpha value is -2.78. The number of hydrogen-bond donors (Lipinski definition) is 2. The summed E-state index contributed by atoms with van der Waals surface area (Å²) in [5.74, 6) is 1.92. The van der Waals surface area contributed by atoms with Crippen molar-refractivity contribution in [2.75, 3.05) is 23.9 Å². The first-order chi connectivity index (χ1) is 15.6. The standard InChI is InChI=1S/C23H29N7OS/c1-15-10-19-17(12-24-14-26-19)11-18(15)27-23-25-13-20-22(28-23)21(29-30(20)2)16(7-9-32-3)6-4-5-8-31/h10-14,16,31H,4-9H2,1-3H3,(H,25,27,28). The Bertz CT molecular complexity index is 1210. The molecule has 168 valence electrons. The molecule has 3 heterocycles. The maximum absolute atomic E-state index is 9.21. The number of aromatic nitrogens is 6. The van der Waals surface area contributed by atoms with Gasteiger partial charge in [-0.25, -0.2) is 19.9 Å². The van der Waals surface area contributed by atoms with E-state index < -0.39 is 0 Å². The van der Waals surface area contributed by atoms with E-state index in [1.165, 1.54) is 0 Å². The molecule has 0 aliphatic heterocycles. The smallest absolute Gasteiger partial charge is 0.227 e. The Kier molecular flexibility index (Phi) is 7.16. The molecule has 0 aliphatic carbocycles. The first-order valence-corrected chi connectivity index (χ1v) is 12.3. The van der Waals surface area contributed by atoms with Crippen LogP contribution in [0.15, 0.2) is 30.9 Å². The second-order valence-corrected chi connectivity index (χ2v) is 8.99. The van der Waals surface area contributed by atoms with Crippen LogP contribution < -0.4 is 5.32 Å². The minimum atomic E-state index is 0.227. The summed E-state index contributed by atoms with van der Waals surface area (Å²) in [6.07, 6.45) is 11.1.